The first-order chi connectivity index (χ1) is 6.91. The SMILES string of the molecule is [CH3][Sn]([CH3])([CH3])[C]12CC3CC(C1)C(=O)C(C3)C2. The molecule has 4 fully saturated rings. The fraction of sp³-hybridized carbons (Fsp3) is 0.923. The molecule has 4 saturated carbocycles. The fourth-order valence-corrected chi connectivity index (χ4v) is 12.1. The molecule has 4 bridgehead atoms. The van der Waals surface area contributed by atoms with Crippen molar-refractivity contribution in [3.05, 3.63) is 0 Å². The maximum atomic E-state index is 12.1. The molecular weight excluding hydrogens is 291 g/mol. The zero-order chi connectivity index (χ0) is 10.8. The van der Waals surface area contributed by atoms with E-state index in [0.29, 0.717) is 21.0 Å². The third kappa shape index (κ3) is 1.37. The Morgan fingerprint density at radius 3 is 2.07 bits per heavy atom. The summed E-state index contributed by atoms with van der Waals surface area (Å²) in [7, 11) is 0. The first-order valence-corrected chi connectivity index (χ1v) is 16.4. The van der Waals surface area contributed by atoms with E-state index in [1.54, 1.807) is 0 Å². The van der Waals surface area contributed by atoms with Crippen LogP contribution in [-0.2, 0) is 4.79 Å². The summed E-state index contributed by atoms with van der Waals surface area (Å²) in [5.41, 5.74) is 0. The van der Waals surface area contributed by atoms with Crippen LogP contribution in [0.3, 0.4) is 0 Å². The Morgan fingerprint density at radius 1 is 1.07 bits per heavy atom. The van der Waals surface area contributed by atoms with Gasteiger partial charge in [0, 0.05) is 0 Å². The predicted molar refractivity (Wildman–Crippen MR) is 64.6 cm³/mol. The van der Waals surface area contributed by atoms with Crippen LogP contribution in [0, 0.1) is 17.8 Å². The summed E-state index contributed by atoms with van der Waals surface area (Å²) in [4.78, 5) is 19.8. The number of carbonyl (C=O) groups excluding carboxylic acids is 1. The normalized spacial score (nSPS) is 48.7. The molecule has 0 aromatic heterocycles. The number of Topliss-reactive ketones (excluding diaryl/α,β-unsaturated/α-hetero) is 1. The van der Waals surface area contributed by atoms with Crippen molar-refractivity contribution in [2.75, 3.05) is 0 Å². The number of ketones is 1. The van der Waals surface area contributed by atoms with Gasteiger partial charge in [0.25, 0.3) is 0 Å². The minimum absolute atomic E-state index is 0.493. The Hall–Kier alpha value is 0.469. The van der Waals surface area contributed by atoms with E-state index >= 15 is 0 Å². The van der Waals surface area contributed by atoms with Gasteiger partial charge in [-0.15, -0.1) is 0 Å². The van der Waals surface area contributed by atoms with Gasteiger partial charge < -0.3 is 0 Å². The van der Waals surface area contributed by atoms with Gasteiger partial charge in [-0.25, -0.2) is 0 Å². The molecule has 4 aliphatic rings. The van der Waals surface area contributed by atoms with Gasteiger partial charge in [-0.1, -0.05) is 0 Å². The Kier molecular flexibility index (Phi) is 2.14. The molecule has 0 saturated heterocycles. The van der Waals surface area contributed by atoms with E-state index in [0.717, 1.165) is 5.92 Å². The average molecular weight is 313 g/mol. The third-order valence-electron chi connectivity index (χ3n) is 5.59. The van der Waals surface area contributed by atoms with Crippen molar-refractivity contribution in [2.24, 2.45) is 17.8 Å². The van der Waals surface area contributed by atoms with Gasteiger partial charge in [-0.2, -0.15) is 0 Å². The van der Waals surface area contributed by atoms with Crippen molar-refractivity contribution < 1.29 is 4.79 Å². The van der Waals surface area contributed by atoms with Crippen molar-refractivity contribution in [3.63, 3.8) is 0 Å². The summed E-state index contributed by atoms with van der Waals surface area (Å²) in [5, 5.41) is 0. The summed E-state index contributed by atoms with van der Waals surface area (Å²) in [5.74, 6) is 2.56. The topological polar surface area (TPSA) is 17.1 Å². The first kappa shape index (κ1) is 10.6. The monoisotopic (exact) mass is 314 g/mol. The molecule has 0 radical (unpaired) electrons. The number of hydrogen-bond acceptors (Lipinski definition) is 1. The molecule has 0 aromatic carbocycles. The van der Waals surface area contributed by atoms with Gasteiger partial charge in [0.05, 0.1) is 0 Å². The summed E-state index contributed by atoms with van der Waals surface area (Å²) < 4.78 is 0.707. The molecule has 0 aromatic rings. The van der Waals surface area contributed by atoms with Crippen molar-refractivity contribution in [3.8, 4) is 0 Å². The quantitative estimate of drug-likeness (QED) is 0.678. The van der Waals surface area contributed by atoms with Crippen LogP contribution >= 0.6 is 0 Å². The fourth-order valence-electron chi connectivity index (χ4n) is 4.67. The van der Waals surface area contributed by atoms with Crippen LogP contribution in [0.1, 0.15) is 32.1 Å². The van der Waals surface area contributed by atoms with E-state index < -0.39 is 18.4 Å². The van der Waals surface area contributed by atoms with Crippen LogP contribution in [0.25, 0.3) is 0 Å². The zero-order valence-electron chi connectivity index (χ0n) is 10.2. The molecule has 2 heteroatoms. The van der Waals surface area contributed by atoms with Crippen LogP contribution in [0.4, 0.5) is 0 Å². The molecular formula is C13H22OSn. The molecule has 4 rings (SSSR count). The summed E-state index contributed by atoms with van der Waals surface area (Å²) >= 11 is -1.85. The van der Waals surface area contributed by atoms with Crippen LogP contribution in [-0.4, -0.2) is 24.2 Å². The van der Waals surface area contributed by atoms with Gasteiger partial charge in [-0.3, -0.25) is 0 Å². The van der Waals surface area contributed by atoms with Gasteiger partial charge in [0.2, 0.25) is 0 Å². The van der Waals surface area contributed by atoms with Crippen molar-refractivity contribution in [1.82, 2.24) is 0 Å². The average Bonchev–Trinajstić information content (AvgIpc) is 2.10. The maximum absolute atomic E-state index is 12.1. The molecule has 2 unspecified atom stereocenters. The van der Waals surface area contributed by atoms with E-state index in [1.807, 2.05) is 0 Å². The van der Waals surface area contributed by atoms with Crippen LogP contribution < -0.4 is 0 Å². The van der Waals surface area contributed by atoms with E-state index in [9.17, 15) is 4.79 Å². The Morgan fingerprint density at radius 2 is 1.60 bits per heavy atom. The zero-order valence-corrected chi connectivity index (χ0v) is 13.0. The third-order valence-corrected chi connectivity index (χ3v) is 16.4. The second kappa shape index (κ2) is 3.02. The minimum atomic E-state index is -1.85. The van der Waals surface area contributed by atoms with Crippen LogP contribution in [0.15, 0.2) is 0 Å². The Balaban J connectivity index is 1.99. The van der Waals surface area contributed by atoms with Gasteiger partial charge >= 0.3 is 97.1 Å². The number of rotatable bonds is 1. The Bertz CT molecular complexity index is 297. The molecule has 4 aliphatic carbocycles. The number of hydrogen-bond donors (Lipinski definition) is 0. The summed E-state index contributed by atoms with van der Waals surface area (Å²) in [6.45, 7) is 0. The Labute approximate surface area is 96.9 Å². The molecule has 2 atom stereocenters. The first-order valence-electron chi connectivity index (χ1n) is 6.45. The molecule has 0 spiro atoms. The predicted octanol–water partition coefficient (Wildman–Crippen LogP) is 3.47. The van der Waals surface area contributed by atoms with Crippen molar-refractivity contribution in [2.45, 2.75) is 50.4 Å². The van der Waals surface area contributed by atoms with Crippen molar-refractivity contribution >= 4 is 24.2 Å². The van der Waals surface area contributed by atoms with Gasteiger partial charge in [0.1, 0.15) is 0 Å². The summed E-state index contributed by atoms with van der Waals surface area (Å²) in [6.07, 6.45) is 6.57. The van der Waals surface area contributed by atoms with E-state index in [2.05, 4.69) is 14.8 Å². The second-order valence-corrected chi connectivity index (χ2v) is 23.1. The van der Waals surface area contributed by atoms with Gasteiger partial charge in [-0.05, 0) is 0 Å². The molecule has 15 heavy (non-hydrogen) atoms. The standard InChI is InChI=1S/C10H13O.3CH3.Sn/c11-10-8-2-6-1-7(4-8)5-9(10)3-6;;;;/h6,8-9H,1-5H2;3*1H3;. The van der Waals surface area contributed by atoms with Crippen LogP contribution in [0.5, 0.6) is 0 Å². The van der Waals surface area contributed by atoms with E-state index in [1.165, 1.54) is 32.1 Å². The summed E-state index contributed by atoms with van der Waals surface area (Å²) in [6, 6.07) is 0. The second-order valence-electron chi connectivity index (χ2n) is 7.28. The van der Waals surface area contributed by atoms with Crippen LogP contribution in [0.2, 0.25) is 18.2 Å². The molecule has 1 nitrogen and oxygen atoms in total. The molecule has 0 N–H and O–H groups in total. The number of carbonyl (C=O) groups is 1. The van der Waals surface area contributed by atoms with E-state index in [4.69, 9.17) is 0 Å². The molecule has 0 amide bonds. The van der Waals surface area contributed by atoms with Crippen molar-refractivity contribution in [1.29, 1.82) is 0 Å². The molecule has 84 valence electrons. The molecule has 0 heterocycles. The molecule has 0 aliphatic heterocycles. The van der Waals surface area contributed by atoms with E-state index in [-0.39, 0.29) is 0 Å². The van der Waals surface area contributed by atoms with Gasteiger partial charge in [0.15, 0.2) is 0 Å².